The SMILES string of the molecule is CCOC(=O)c1[nH]c2cc(Cl)c(Cl)cc2c1NCCC(=O)c1ccccc1. The number of nitrogens with one attached hydrogen (secondary N) is 2. The molecule has 0 atom stereocenters. The number of esters is 1. The predicted octanol–water partition coefficient (Wildman–Crippen LogP) is 5.34. The maximum Gasteiger partial charge on any atom is 0.356 e. The number of hydrogen-bond acceptors (Lipinski definition) is 4. The fourth-order valence-corrected chi connectivity index (χ4v) is 3.13. The van der Waals surface area contributed by atoms with Gasteiger partial charge in [0.05, 0.1) is 22.3 Å². The number of ether oxygens (including phenoxy) is 1. The van der Waals surface area contributed by atoms with Gasteiger partial charge in [-0.1, -0.05) is 53.5 Å². The van der Waals surface area contributed by atoms with E-state index in [9.17, 15) is 9.59 Å². The molecule has 0 spiro atoms. The van der Waals surface area contributed by atoms with Crippen molar-refractivity contribution in [2.75, 3.05) is 18.5 Å². The molecule has 27 heavy (non-hydrogen) atoms. The lowest BCUT2D eigenvalue weighted by atomic mass is 10.1. The van der Waals surface area contributed by atoms with Gasteiger partial charge >= 0.3 is 5.97 Å². The summed E-state index contributed by atoms with van der Waals surface area (Å²) in [5, 5.41) is 4.63. The second kappa shape index (κ2) is 8.46. The number of aromatic nitrogens is 1. The molecule has 0 saturated heterocycles. The average molecular weight is 405 g/mol. The molecule has 2 N–H and O–H groups in total. The van der Waals surface area contributed by atoms with Gasteiger partial charge in [-0.25, -0.2) is 4.79 Å². The summed E-state index contributed by atoms with van der Waals surface area (Å²) < 4.78 is 5.11. The predicted molar refractivity (Wildman–Crippen MR) is 108 cm³/mol. The minimum Gasteiger partial charge on any atom is -0.461 e. The molecule has 1 heterocycles. The van der Waals surface area contributed by atoms with Gasteiger partial charge in [-0.2, -0.15) is 0 Å². The molecule has 0 fully saturated rings. The molecule has 0 aliphatic carbocycles. The van der Waals surface area contributed by atoms with E-state index in [1.54, 1.807) is 31.2 Å². The van der Waals surface area contributed by atoms with Crippen molar-refractivity contribution < 1.29 is 14.3 Å². The zero-order chi connectivity index (χ0) is 19.4. The first-order valence-corrected chi connectivity index (χ1v) is 9.26. The van der Waals surface area contributed by atoms with Crippen LogP contribution in [0.25, 0.3) is 10.9 Å². The van der Waals surface area contributed by atoms with E-state index in [0.29, 0.717) is 38.7 Å². The Morgan fingerprint density at radius 2 is 1.81 bits per heavy atom. The Labute approximate surface area is 166 Å². The average Bonchev–Trinajstić information content (AvgIpc) is 3.00. The van der Waals surface area contributed by atoms with Gasteiger partial charge < -0.3 is 15.0 Å². The van der Waals surface area contributed by atoms with Crippen molar-refractivity contribution in [1.82, 2.24) is 4.98 Å². The number of aromatic amines is 1. The van der Waals surface area contributed by atoms with Crippen LogP contribution < -0.4 is 5.32 Å². The second-order valence-corrected chi connectivity index (χ2v) is 6.69. The van der Waals surface area contributed by atoms with Crippen molar-refractivity contribution in [3.8, 4) is 0 Å². The van der Waals surface area contributed by atoms with E-state index in [1.165, 1.54) is 0 Å². The van der Waals surface area contributed by atoms with Gasteiger partial charge in [0.25, 0.3) is 0 Å². The molecule has 0 saturated carbocycles. The van der Waals surface area contributed by atoms with Gasteiger partial charge in [0.15, 0.2) is 5.78 Å². The number of benzene rings is 2. The first-order chi connectivity index (χ1) is 13.0. The number of rotatable bonds is 7. The van der Waals surface area contributed by atoms with Gasteiger partial charge in [0.2, 0.25) is 0 Å². The molecule has 2 aromatic carbocycles. The monoisotopic (exact) mass is 404 g/mol. The zero-order valence-electron chi connectivity index (χ0n) is 14.6. The van der Waals surface area contributed by atoms with E-state index in [-0.39, 0.29) is 24.5 Å². The quantitative estimate of drug-likeness (QED) is 0.411. The van der Waals surface area contributed by atoms with Crippen molar-refractivity contribution in [1.29, 1.82) is 0 Å². The number of ketones is 1. The van der Waals surface area contributed by atoms with E-state index in [1.807, 2.05) is 18.2 Å². The van der Waals surface area contributed by atoms with Gasteiger partial charge in [-0.05, 0) is 19.1 Å². The maximum atomic E-state index is 12.3. The molecule has 7 heteroatoms. The smallest absolute Gasteiger partial charge is 0.356 e. The number of H-pyrrole nitrogens is 1. The second-order valence-electron chi connectivity index (χ2n) is 5.87. The number of hydrogen-bond donors (Lipinski definition) is 2. The summed E-state index contributed by atoms with van der Waals surface area (Å²) in [4.78, 5) is 27.6. The summed E-state index contributed by atoms with van der Waals surface area (Å²) in [6.45, 7) is 2.34. The van der Waals surface area contributed by atoms with Gasteiger partial charge in [0.1, 0.15) is 5.69 Å². The van der Waals surface area contributed by atoms with Crippen molar-refractivity contribution in [3.05, 3.63) is 63.8 Å². The first-order valence-electron chi connectivity index (χ1n) is 8.51. The Kier molecular flexibility index (Phi) is 6.04. The summed E-state index contributed by atoms with van der Waals surface area (Å²) in [6.07, 6.45) is 0.278. The van der Waals surface area contributed by atoms with Gasteiger partial charge in [-0.3, -0.25) is 4.79 Å². The Balaban J connectivity index is 1.85. The van der Waals surface area contributed by atoms with E-state index in [4.69, 9.17) is 27.9 Å². The lowest BCUT2D eigenvalue weighted by Gasteiger charge is -2.08. The molecule has 0 radical (unpaired) electrons. The number of halogens is 2. The number of Topliss-reactive ketones (excluding diaryl/α,β-unsaturated/α-hetero) is 1. The first kappa shape index (κ1) is 19.3. The third-order valence-corrected chi connectivity index (χ3v) is 4.79. The van der Waals surface area contributed by atoms with Crippen LogP contribution in [0.2, 0.25) is 10.0 Å². The molecule has 140 valence electrons. The van der Waals surface area contributed by atoms with Crippen LogP contribution in [0.15, 0.2) is 42.5 Å². The van der Waals surface area contributed by atoms with Crippen molar-refractivity contribution >= 4 is 51.5 Å². The molecular weight excluding hydrogens is 387 g/mol. The minimum atomic E-state index is -0.488. The Morgan fingerprint density at radius 3 is 2.52 bits per heavy atom. The van der Waals surface area contributed by atoms with Crippen LogP contribution >= 0.6 is 23.2 Å². The van der Waals surface area contributed by atoms with Crippen LogP contribution in [0.1, 0.15) is 34.2 Å². The molecule has 0 aliphatic rings. The number of carbonyl (C=O) groups excluding carboxylic acids is 2. The van der Waals surface area contributed by atoms with Gasteiger partial charge in [-0.15, -0.1) is 0 Å². The lowest BCUT2D eigenvalue weighted by molar-refractivity contribution is 0.0521. The molecule has 0 unspecified atom stereocenters. The fraction of sp³-hybridized carbons (Fsp3) is 0.200. The zero-order valence-corrected chi connectivity index (χ0v) is 16.2. The van der Waals surface area contributed by atoms with Crippen LogP contribution in [0.5, 0.6) is 0 Å². The third-order valence-electron chi connectivity index (χ3n) is 4.07. The van der Waals surface area contributed by atoms with Crippen molar-refractivity contribution in [3.63, 3.8) is 0 Å². The van der Waals surface area contributed by atoms with Crippen molar-refractivity contribution in [2.24, 2.45) is 0 Å². The molecule has 3 aromatic rings. The van der Waals surface area contributed by atoms with Crippen LogP contribution in [0.3, 0.4) is 0 Å². The Hall–Kier alpha value is -2.50. The highest BCUT2D eigenvalue weighted by Crippen LogP contribution is 2.34. The normalized spacial score (nSPS) is 10.8. The standard InChI is InChI=1S/C20H18Cl2N2O3/c1-2-27-20(26)19-18(13-10-14(21)15(22)11-16(13)24-19)23-9-8-17(25)12-6-4-3-5-7-12/h3-7,10-11,23-24H,2,8-9H2,1H3. The molecule has 0 amide bonds. The van der Waals surface area contributed by atoms with Crippen LogP contribution in [0, 0.1) is 0 Å². The van der Waals surface area contributed by atoms with E-state index in [2.05, 4.69) is 10.3 Å². The lowest BCUT2D eigenvalue weighted by Crippen LogP contribution is -2.12. The van der Waals surface area contributed by atoms with E-state index < -0.39 is 5.97 Å². The van der Waals surface area contributed by atoms with E-state index >= 15 is 0 Å². The molecule has 0 bridgehead atoms. The Bertz CT molecular complexity index is 984. The summed E-state index contributed by atoms with van der Waals surface area (Å²) in [7, 11) is 0. The summed E-state index contributed by atoms with van der Waals surface area (Å²) in [5.74, 6) is -0.473. The summed E-state index contributed by atoms with van der Waals surface area (Å²) in [5.41, 5.74) is 2.13. The maximum absolute atomic E-state index is 12.3. The molecule has 3 rings (SSSR count). The Morgan fingerprint density at radius 1 is 1.11 bits per heavy atom. The fourth-order valence-electron chi connectivity index (χ4n) is 2.80. The van der Waals surface area contributed by atoms with E-state index in [0.717, 1.165) is 0 Å². The number of anilines is 1. The topological polar surface area (TPSA) is 71.2 Å². The van der Waals surface area contributed by atoms with Crippen LogP contribution in [-0.4, -0.2) is 29.9 Å². The molecule has 5 nitrogen and oxygen atoms in total. The highest BCUT2D eigenvalue weighted by molar-refractivity contribution is 6.43. The number of fused-ring (bicyclic) bond motifs is 1. The van der Waals surface area contributed by atoms with Crippen molar-refractivity contribution in [2.45, 2.75) is 13.3 Å². The van der Waals surface area contributed by atoms with Crippen LogP contribution in [-0.2, 0) is 4.74 Å². The summed E-state index contributed by atoms with van der Waals surface area (Å²) >= 11 is 12.2. The minimum absolute atomic E-state index is 0.0155. The largest absolute Gasteiger partial charge is 0.461 e. The molecule has 1 aromatic heterocycles. The number of carbonyl (C=O) groups is 2. The third kappa shape index (κ3) is 4.26. The summed E-state index contributed by atoms with van der Waals surface area (Å²) in [6, 6.07) is 12.4. The molecular formula is C20H18Cl2N2O3. The highest BCUT2D eigenvalue weighted by Gasteiger charge is 2.20. The highest BCUT2D eigenvalue weighted by atomic mass is 35.5. The van der Waals surface area contributed by atoms with Gasteiger partial charge in [0, 0.05) is 29.4 Å². The molecule has 0 aliphatic heterocycles. The van der Waals surface area contributed by atoms with Crippen LogP contribution in [0.4, 0.5) is 5.69 Å².